The molecule has 0 bridgehead atoms. The number of piperidine rings is 1. The number of esters is 1. The first-order valence-corrected chi connectivity index (χ1v) is 9.66. The first-order valence-electron chi connectivity index (χ1n) is 7.81. The highest BCUT2D eigenvalue weighted by Crippen LogP contribution is 2.41. The standard InChI is InChI=1S/C15H24N2O5S/c1-5-10(2)16-13(18)12-11(3)14(19)22-15(12)6-8-17(9-7-15)23(4,20)21/h10H,5-9H2,1-4H3,(H,16,18). The van der Waals surface area contributed by atoms with Crippen molar-refractivity contribution in [2.45, 2.75) is 51.7 Å². The summed E-state index contributed by atoms with van der Waals surface area (Å²) in [6.45, 7) is 5.91. The van der Waals surface area contributed by atoms with Crippen LogP contribution in [0.5, 0.6) is 0 Å². The van der Waals surface area contributed by atoms with E-state index in [1.54, 1.807) is 6.92 Å². The Morgan fingerprint density at radius 2 is 1.96 bits per heavy atom. The smallest absolute Gasteiger partial charge is 0.335 e. The zero-order chi connectivity index (χ0) is 17.4. The van der Waals surface area contributed by atoms with E-state index in [2.05, 4.69) is 5.32 Å². The summed E-state index contributed by atoms with van der Waals surface area (Å²) in [5.74, 6) is -0.789. The number of rotatable bonds is 4. The zero-order valence-corrected chi connectivity index (χ0v) is 14.8. The molecule has 0 aromatic heterocycles. The van der Waals surface area contributed by atoms with E-state index in [9.17, 15) is 18.0 Å². The quantitative estimate of drug-likeness (QED) is 0.753. The second-order valence-electron chi connectivity index (χ2n) is 6.33. The van der Waals surface area contributed by atoms with E-state index in [0.717, 1.165) is 12.7 Å². The van der Waals surface area contributed by atoms with Gasteiger partial charge in [-0.15, -0.1) is 0 Å². The van der Waals surface area contributed by atoms with Crippen molar-refractivity contribution in [3.05, 3.63) is 11.1 Å². The van der Waals surface area contributed by atoms with Gasteiger partial charge >= 0.3 is 5.97 Å². The molecule has 2 aliphatic heterocycles. The van der Waals surface area contributed by atoms with Gasteiger partial charge in [0.05, 0.1) is 11.8 Å². The molecule has 7 nitrogen and oxygen atoms in total. The van der Waals surface area contributed by atoms with Crippen molar-refractivity contribution in [1.82, 2.24) is 9.62 Å². The third kappa shape index (κ3) is 3.42. The Bertz CT molecular complexity index is 645. The zero-order valence-electron chi connectivity index (χ0n) is 14.0. The van der Waals surface area contributed by atoms with Crippen molar-refractivity contribution in [2.24, 2.45) is 0 Å². The molecule has 1 spiro atoms. The van der Waals surface area contributed by atoms with Gasteiger partial charge in [0.15, 0.2) is 0 Å². The Balaban J connectivity index is 2.25. The SMILES string of the molecule is CCC(C)NC(=O)C1=C(C)C(=O)OC12CCN(S(C)(=O)=O)CC2. The molecule has 1 saturated heterocycles. The molecule has 1 unspecified atom stereocenters. The Kier molecular flexibility index (Phi) is 4.86. The topological polar surface area (TPSA) is 92.8 Å². The van der Waals surface area contributed by atoms with Crippen LogP contribution in [0.15, 0.2) is 11.1 Å². The minimum atomic E-state index is -3.28. The van der Waals surface area contributed by atoms with Crippen LogP contribution >= 0.6 is 0 Å². The molecule has 2 aliphatic rings. The van der Waals surface area contributed by atoms with Gasteiger partial charge in [0.2, 0.25) is 10.0 Å². The van der Waals surface area contributed by atoms with E-state index in [1.807, 2.05) is 13.8 Å². The molecule has 0 radical (unpaired) electrons. The Morgan fingerprint density at radius 3 is 2.43 bits per heavy atom. The molecule has 1 amide bonds. The van der Waals surface area contributed by atoms with E-state index >= 15 is 0 Å². The lowest BCUT2D eigenvalue weighted by Gasteiger charge is -2.38. The van der Waals surface area contributed by atoms with Crippen LogP contribution in [0.4, 0.5) is 0 Å². The number of carbonyl (C=O) groups is 2. The minimum Gasteiger partial charge on any atom is -0.450 e. The van der Waals surface area contributed by atoms with Crippen LogP contribution in [-0.2, 0) is 24.3 Å². The van der Waals surface area contributed by atoms with Crippen molar-refractivity contribution in [1.29, 1.82) is 0 Å². The average Bonchev–Trinajstić information content (AvgIpc) is 2.69. The fourth-order valence-corrected chi connectivity index (χ4v) is 3.90. The first kappa shape index (κ1) is 17.9. The maximum atomic E-state index is 12.6. The minimum absolute atomic E-state index is 0.00772. The number of ether oxygens (including phenoxy) is 1. The molecule has 1 N–H and O–H groups in total. The van der Waals surface area contributed by atoms with E-state index in [-0.39, 0.29) is 25.0 Å². The second-order valence-corrected chi connectivity index (χ2v) is 8.31. The van der Waals surface area contributed by atoms with Gasteiger partial charge in [-0.25, -0.2) is 17.5 Å². The van der Waals surface area contributed by atoms with Crippen molar-refractivity contribution in [3.63, 3.8) is 0 Å². The lowest BCUT2D eigenvalue weighted by atomic mass is 9.83. The molecule has 0 saturated carbocycles. The lowest BCUT2D eigenvalue weighted by Crippen LogP contribution is -2.50. The molecule has 1 atom stereocenters. The lowest BCUT2D eigenvalue weighted by molar-refractivity contribution is -0.150. The summed E-state index contributed by atoms with van der Waals surface area (Å²) in [7, 11) is -3.28. The summed E-state index contributed by atoms with van der Waals surface area (Å²) in [6, 6.07) is -0.00772. The van der Waals surface area contributed by atoms with Crippen LogP contribution in [0.25, 0.3) is 0 Å². The second kappa shape index (κ2) is 6.24. The highest BCUT2D eigenvalue weighted by molar-refractivity contribution is 7.88. The molecule has 23 heavy (non-hydrogen) atoms. The van der Waals surface area contributed by atoms with Crippen LogP contribution in [0, 0.1) is 0 Å². The molecule has 1 fully saturated rings. The van der Waals surface area contributed by atoms with Crippen LogP contribution in [0.3, 0.4) is 0 Å². The molecule has 130 valence electrons. The summed E-state index contributed by atoms with van der Waals surface area (Å²) in [4.78, 5) is 24.6. The maximum Gasteiger partial charge on any atom is 0.335 e. The molecule has 2 heterocycles. The van der Waals surface area contributed by atoms with Crippen molar-refractivity contribution < 1.29 is 22.7 Å². The number of nitrogens with zero attached hydrogens (tertiary/aromatic N) is 1. The first-order chi connectivity index (χ1) is 10.6. The highest BCUT2D eigenvalue weighted by atomic mass is 32.2. The van der Waals surface area contributed by atoms with Crippen molar-refractivity contribution >= 4 is 21.9 Å². The Morgan fingerprint density at radius 1 is 1.39 bits per heavy atom. The third-order valence-electron chi connectivity index (χ3n) is 4.64. The normalized spacial score (nSPS) is 23.0. The fraction of sp³-hybridized carbons (Fsp3) is 0.733. The van der Waals surface area contributed by atoms with Crippen LogP contribution < -0.4 is 5.32 Å². The molecular weight excluding hydrogens is 320 g/mol. The van der Waals surface area contributed by atoms with E-state index < -0.39 is 21.6 Å². The number of hydrogen-bond acceptors (Lipinski definition) is 5. The van der Waals surface area contributed by atoms with Gasteiger partial charge in [-0.3, -0.25) is 4.79 Å². The van der Waals surface area contributed by atoms with Gasteiger partial charge in [0, 0.05) is 37.5 Å². The van der Waals surface area contributed by atoms with Gasteiger partial charge in [-0.1, -0.05) is 6.92 Å². The van der Waals surface area contributed by atoms with Gasteiger partial charge in [-0.05, 0) is 20.3 Å². The maximum absolute atomic E-state index is 12.6. The summed E-state index contributed by atoms with van der Waals surface area (Å²) in [6.07, 6.45) is 2.53. The predicted molar refractivity (Wildman–Crippen MR) is 85.1 cm³/mol. The number of sulfonamides is 1. The van der Waals surface area contributed by atoms with Gasteiger partial charge in [0.25, 0.3) is 5.91 Å². The number of hydrogen-bond donors (Lipinski definition) is 1. The number of carbonyl (C=O) groups excluding carboxylic acids is 2. The molecule has 0 aliphatic carbocycles. The van der Waals surface area contributed by atoms with Gasteiger partial charge in [0.1, 0.15) is 5.60 Å². The van der Waals surface area contributed by atoms with Crippen molar-refractivity contribution in [2.75, 3.05) is 19.3 Å². The van der Waals surface area contributed by atoms with Crippen LogP contribution in [-0.4, -0.2) is 55.6 Å². The fourth-order valence-electron chi connectivity index (χ4n) is 3.06. The average molecular weight is 344 g/mol. The van der Waals surface area contributed by atoms with Gasteiger partial charge in [-0.2, -0.15) is 0 Å². The van der Waals surface area contributed by atoms with E-state index in [4.69, 9.17) is 4.74 Å². The van der Waals surface area contributed by atoms with Gasteiger partial charge < -0.3 is 10.1 Å². The van der Waals surface area contributed by atoms with Crippen LogP contribution in [0.1, 0.15) is 40.0 Å². The molecular formula is C15H24N2O5S. The third-order valence-corrected chi connectivity index (χ3v) is 5.94. The summed E-state index contributed by atoms with van der Waals surface area (Å²) >= 11 is 0. The predicted octanol–water partition coefficient (Wildman–Crippen LogP) is 0.569. The monoisotopic (exact) mass is 344 g/mol. The molecule has 0 aromatic carbocycles. The summed E-state index contributed by atoms with van der Waals surface area (Å²) in [5.41, 5.74) is -0.325. The molecule has 2 rings (SSSR count). The molecule has 8 heteroatoms. The largest absolute Gasteiger partial charge is 0.450 e. The number of amides is 1. The number of nitrogens with one attached hydrogen (secondary N) is 1. The Hall–Kier alpha value is -1.41. The highest BCUT2D eigenvalue weighted by Gasteiger charge is 2.51. The van der Waals surface area contributed by atoms with E-state index in [1.165, 1.54) is 4.31 Å². The van der Waals surface area contributed by atoms with Crippen molar-refractivity contribution in [3.8, 4) is 0 Å². The van der Waals surface area contributed by atoms with E-state index in [0.29, 0.717) is 24.0 Å². The summed E-state index contributed by atoms with van der Waals surface area (Å²) in [5, 5.41) is 2.87. The van der Waals surface area contributed by atoms with Crippen LogP contribution in [0.2, 0.25) is 0 Å². The summed E-state index contributed by atoms with van der Waals surface area (Å²) < 4.78 is 30.2. The Labute approximate surface area is 137 Å². The molecule has 0 aromatic rings.